The van der Waals surface area contributed by atoms with Gasteiger partial charge >= 0.3 is 0 Å². The zero-order valence-electron chi connectivity index (χ0n) is 14.3. The van der Waals surface area contributed by atoms with Crippen molar-refractivity contribution in [1.82, 2.24) is 10.2 Å². The van der Waals surface area contributed by atoms with E-state index in [0.29, 0.717) is 13.0 Å². The number of carbonyl (C=O) groups is 1. The zero-order valence-corrected chi connectivity index (χ0v) is 14.3. The predicted molar refractivity (Wildman–Crippen MR) is 95.4 cm³/mol. The highest BCUT2D eigenvalue weighted by atomic mass is 16.1. The van der Waals surface area contributed by atoms with E-state index in [-0.39, 0.29) is 11.9 Å². The molecule has 122 valence electrons. The van der Waals surface area contributed by atoms with Gasteiger partial charge in [-0.15, -0.1) is 0 Å². The van der Waals surface area contributed by atoms with Gasteiger partial charge in [0.25, 0.3) is 0 Å². The molecule has 0 aliphatic rings. The predicted octanol–water partition coefficient (Wildman–Crippen LogP) is 3.35. The van der Waals surface area contributed by atoms with Crippen LogP contribution in [0.2, 0.25) is 0 Å². The molecule has 0 saturated carbocycles. The molecular formula is C20H26N2O. The summed E-state index contributed by atoms with van der Waals surface area (Å²) in [4.78, 5) is 14.3. The number of nitrogens with zero attached hydrogens (tertiary/aromatic N) is 1. The summed E-state index contributed by atoms with van der Waals surface area (Å²) in [6.07, 6.45) is 1.31. The van der Waals surface area contributed by atoms with E-state index in [9.17, 15) is 4.79 Å². The number of amides is 1. The third kappa shape index (κ3) is 5.53. The Morgan fingerprint density at radius 3 is 2.48 bits per heavy atom. The first-order valence-electron chi connectivity index (χ1n) is 8.10. The number of likely N-dealkylation sites (N-methyl/N-ethyl adjacent to an activating group) is 1. The Kier molecular flexibility index (Phi) is 6.36. The van der Waals surface area contributed by atoms with Crippen molar-refractivity contribution in [3.8, 4) is 0 Å². The van der Waals surface area contributed by atoms with E-state index in [1.54, 1.807) is 0 Å². The average Bonchev–Trinajstić information content (AvgIpc) is 2.54. The molecule has 0 unspecified atom stereocenters. The topological polar surface area (TPSA) is 32.3 Å². The summed E-state index contributed by atoms with van der Waals surface area (Å²) in [5.41, 5.74) is 3.67. The third-order valence-electron chi connectivity index (χ3n) is 4.02. The molecular weight excluding hydrogens is 284 g/mol. The monoisotopic (exact) mass is 310 g/mol. The molecule has 0 aromatic heterocycles. The molecule has 3 nitrogen and oxygen atoms in total. The number of aryl methyl sites for hydroxylation is 2. The van der Waals surface area contributed by atoms with E-state index in [0.717, 1.165) is 6.42 Å². The van der Waals surface area contributed by atoms with Gasteiger partial charge in [0.05, 0.1) is 6.04 Å². The Morgan fingerprint density at radius 2 is 1.83 bits per heavy atom. The third-order valence-corrected chi connectivity index (χ3v) is 4.02. The van der Waals surface area contributed by atoms with Crippen LogP contribution in [0.25, 0.3) is 0 Å². The van der Waals surface area contributed by atoms with Gasteiger partial charge in [-0.3, -0.25) is 4.79 Å². The molecule has 1 amide bonds. The van der Waals surface area contributed by atoms with Crippen molar-refractivity contribution in [3.63, 3.8) is 0 Å². The Balaban J connectivity index is 1.85. The first-order chi connectivity index (χ1) is 11.1. The molecule has 1 N–H and O–H groups in total. The summed E-state index contributed by atoms with van der Waals surface area (Å²) in [6.45, 7) is 2.70. The maximum Gasteiger partial charge on any atom is 0.220 e. The summed E-state index contributed by atoms with van der Waals surface area (Å²) >= 11 is 0. The SMILES string of the molecule is Cc1cccc(CCC(=O)NC[C@H](c2ccccc2)N(C)C)c1. The van der Waals surface area contributed by atoms with Crippen LogP contribution in [0.1, 0.15) is 29.2 Å². The van der Waals surface area contributed by atoms with Crippen LogP contribution < -0.4 is 5.32 Å². The summed E-state index contributed by atoms with van der Waals surface area (Å²) in [5.74, 6) is 0.106. The molecule has 0 aliphatic carbocycles. The lowest BCUT2D eigenvalue weighted by Gasteiger charge is -2.25. The van der Waals surface area contributed by atoms with Gasteiger partial charge in [0.2, 0.25) is 5.91 Å². The normalized spacial score (nSPS) is 12.2. The van der Waals surface area contributed by atoms with Crippen molar-refractivity contribution in [2.24, 2.45) is 0 Å². The Hall–Kier alpha value is -2.13. The van der Waals surface area contributed by atoms with Crippen LogP contribution in [0, 0.1) is 6.92 Å². The van der Waals surface area contributed by atoms with Gasteiger partial charge in [0.1, 0.15) is 0 Å². The second-order valence-corrected chi connectivity index (χ2v) is 6.18. The molecule has 1 atom stereocenters. The van der Waals surface area contributed by atoms with Gasteiger partial charge in [-0.25, -0.2) is 0 Å². The van der Waals surface area contributed by atoms with Crippen molar-refractivity contribution >= 4 is 5.91 Å². The smallest absolute Gasteiger partial charge is 0.220 e. The van der Waals surface area contributed by atoms with Gasteiger partial charge in [-0.1, -0.05) is 60.2 Å². The van der Waals surface area contributed by atoms with E-state index in [2.05, 4.69) is 47.5 Å². The molecule has 2 aromatic carbocycles. The highest BCUT2D eigenvalue weighted by molar-refractivity contribution is 5.76. The summed E-state index contributed by atoms with van der Waals surface area (Å²) in [5, 5.41) is 3.07. The molecule has 2 aromatic rings. The van der Waals surface area contributed by atoms with Gasteiger partial charge < -0.3 is 10.2 Å². The van der Waals surface area contributed by atoms with Crippen molar-refractivity contribution in [1.29, 1.82) is 0 Å². The Labute approximate surface area is 139 Å². The van der Waals surface area contributed by atoms with Crippen LogP contribution in [0.3, 0.4) is 0 Å². The van der Waals surface area contributed by atoms with E-state index < -0.39 is 0 Å². The molecule has 0 spiro atoms. The second kappa shape index (κ2) is 8.49. The number of rotatable bonds is 7. The minimum absolute atomic E-state index is 0.106. The fourth-order valence-electron chi connectivity index (χ4n) is 2.70. The second-order valence-electron chi connectivity index (χ2n) is 6.18. The van der Waals surface area contributed by atoms with Gasteiger partial charge in [-0.2, -0.15) is 0 Å². The zero-order chi connectivity index (χ0) is 16.7. The lowest BCUT2D eigenvalue weighted by atomic mass is 10.1. The highest BCUT2D eigenvalue weighted by Crippen LogP contribution is 2.16. The maximum atomic E-state index is 12.1. The molecule has 0 heterocycles. The summed E-state index contributed by atoms with van der Waals surface area (Å²) in [6, 6.07) is 18.8. The minimum Gasteiger partial charge on any atom is -0.354 e. The number of benzene rings is 2. The number of hydrogen-bond donors (Lipinski definition) is 1. The van der Waals surface area contributed by atoms with Crippen LogP contribution in [-0.2, 0) is 11.2 Å². The van der Waals surface area contributed by atoms with Crippen LogP contribution in [-0.4, -0.2) is 31.4 Å². The minimum atomic E-state index is 0.106. The molecule has 0 fully saturated rings. The lowest BCUT2D eigenvalue weighted by molar-refractivity contribution is -0.121. The van der Waals surface area contributed by atoms with Crippen molar-refractivity contribution in [2.45, 2.75) is 25.8 Å². The fourth-order valence-corrected chi connectivity index (χ4v) is 2.70. The van der Waals surface area contributed by atoms with Crippen LogP contribution in [0.4, 0.5) is 0 Å². The van der Waals surface area contributed by atoms with Gasteiger partial charge in [0, 0.05) is 13.0 Å². The first-order valence-corrected chi connectivity index (χ1v) is 8.10. The number of carbonyl (C=O) groups excluding carboxylic acids is 1. The maximum absolute atomic E-state index is 12.1. The van der Waals surface area contributed by atoms with E-state index in [1.165, 1.54) is 16.7 Å². The molecule has 2 rings (SSSR count). The van der Waals surface area contributed by atoms with E-state index in [1.807, 2.05) is 38.4 Å². The molecule has 0 aliphatic heterocycles. The Morgan fingerprint density at radius 1 is 1.09 bits per heavy atom. The standard InChI is InChI=1S/C20H26N2O/c1-16-8-7-9-17(14-16)12-13-20(23)21-15-19(22(2)3)18-10-5-4-6-11-18/h4-11,14,19H,12-13,15H2,1-3H3,(H,21,23)/t19-/m1/s1. The first kappa shape index (κ1) is 17.2. The number of nitrogens with one attached hydrogen (secondary N) is 1. The molecule has 23 heavy (non-hydrogen) atoms. The van der Waals surface area contributed by atoms with E-state index >= 15 is 0 Å². The summed E-state index contributed by atoms with van der Waals surface area (Å²) in [7, 11) is 4.08. The number of hydrogen-bond acceptors (Lipinski definition) is 2. The largest absolute Gasteiger partial charge is 0.354 e. The van der Waals surface area contributed by atoms with Crippen molar-refractivity contribution in [3.05, 3.63) is 71.3 Å². The Bertz CT molecular complexity index is 623. The highest BCUT2D eigenvalue weighted by Gasteiger charge is 2.14. The van der Waals surface area contributed by atoms with Gasteiger partial charge in [0.15, 0.2) is 0 Å². The fraction of sp³-hybridized carbons (Fsp3) is 0.350. The van der Waals surface area contributed by atoms with Crippen molar-refractivity contribution in [2.75, 3.05) is 20.6 Å². The molecule has 0 saturated heterocycles. The molecule has 3 heteroatoms. The van der Waals surface area contributed by atoms with Gasteiger partial charge in [-0.05, 0) is 38.6 Å². The van der Waals surface area contributed by atoms with Crippen LogP contribution >= 0.6 is 0 Å². The van der Waals surface area contributed by atoms with Crippen LogP contribution in [0.15, 0.2) is 54.6 Å². The van der Waals surface area contributed by atoms with Crippen LogP contribution in [0.5, 0.6) is 0 Å². The van der Waals surface area contributed by atoms with E-state index in [4.69, 9.17) is 0 Å². The average molecular weight is 310 g/mol. The van der Waals surface area contributed by atoms with Crippen molar-refractivity contribution < 1.29 is 4.79 Å². The quantitative estimate of drug-likeness (QED) is 0.850. The molecule has 0 bridgehead atoms. The lowest BCUT2D eigenvalue weighted by Crippen LogP contribution is -2.34. The summed E-state index contributed by atoms with van der Waals surface area (Å²) < 4.78 is 0. The molecule has 0 radical (unpaired) electrons.